The maximum Gasteiger partial charge on any atom is 0.260 e. The van der Waals surface area contributed by atoms with Gasteiger partial charge in [0.1, 0.15) is 5.82 Å². The monoisotopic (exact) mass is 413 g/mol. The zero-order chi connectivity index (χ0) is 20.2. The van der Waals surface area contributed by atoms with E-state index >= 15 is 0 Å². The van der Waals surface area contributed by atoms with E-state index in [9.17, 15) is 9.18 Å². The highest BCUT2D eigenvalue weighted by molar-refractivity contribution is 7.22. The molecule has 0 spiro atoms. The van der Waals surface area contributed by atoms with Gasteiger partial charge in [0.2, 0.25) is 0 Å². The lowest BCUT2D eigenvalue weighted by atomic mass is 10.2. The molecular weight excluding hydrogens is 389 g/mol. The van der Waals surface area contributed by atoms with Crippen LogP contribution in [-0.4, -0.2) is 55.2 Å². The average Bonchev–Trinajstić information content (AvgIpc) is 3.17. The van der Waals surface area contributed by atoms with E-state index in [-0.39, 0.29) is 5.91 Å². The molecule has 0 bridgehead atoms. The van der Waals surface area contributed by atoms with Crippen molar-refractivity contribution in [2.24, 2.45) is 0 Å². The second-order valence-corrected chi connectivity index (χ2v) is 8.20. The van der Waals surface area contributed by atoms with Crippen LogP contribution in [0.5, 0.6) is 0 Å². The Morgan fingerprint density at radius 1 is 1.24 bits per heavy atom. The van der Waals surface area contributed by atoms with Crippen molar-refractivity contribution >= 4 is 32.6 Å². The number of nitrogens with zero attached hydrogens (tertiary/aromatic N) is 3. The van der Waals surface area contributed by atoms with Crippen LogP contribution in [0, 0.1) is 12.7 Å². The lowest BCUT2D eigenvalue weighted by molar-refractivity contribution is 0.0376. The van der Waals surface area contributed by atoms with Crippen molar-refractivity contribution < 1.29 is 13.9 Å². The molecule has 4 rings (SSSR count). The van der Waals surface area contributed by atoms with Crippen LogP contribution in [0.1, 0.15) is 22.3 Å². The highest BCUT2D eigenvalue weighted by Crippen LogP contribution is 2.31. The molecule has 152 valence electrons. The normalized spacial score (nSPS) is 15.0. The molecule has 5 nitrogen and oxygen atoms in total. The molecule has 1 aliphatic rings. The van der Waals surface area contributed by atoms with Crippen molar-refractivity contribution in [1.29, 1.82) is 0 Å². The summed E-state index contributed by atoms with van der Waals surface area (Å²) < 4.78 is 20.2. The third-order valence-electron chi connectivity index (χ3n) is 5.12. The molecule has 29 heavy (non-hydrogen) atoms. The Bertz CT molecular complexity index is 1000. The van der Waals surface area contributed by atoms with Gasteiger partial charge in [0.15, 0.2) is 5.13 Å². The van der Waals surface area contributed by atoms with Crippen LogP contribution in [0.2, 0.25) is 0 Å². The van der Waals surface area contributed by atoms with Crippen molar-refractivity contribution in [3.63, 3.8) is 0 Å². The van der Waals surface area contributed by atoms with Crippen LogP contribution in [0.25, 0.3) is 10.2 Å². The largest absolute Gasteiger partial charge is 0.379 e. The van der Waals surface area contributed by atoms with Crippen molar-refractivity contribution in [2.75, 3.05) is 44.3 Å². The second-order valence-electron chi connectivity index (χ2n) is 7.19. The van der Waals surface area contributed by atoms with Crippen LogP contribution in [0.15, 0.2) is 42.5 Å². The minimum absolute atomic E-state index is 0.219. The summed E-state index contributed by atoms with van der Waals surface area (Å²) in [5.74, 6) is -0.632. The zero-order valence-electron chi connectivity index (χ0n) is 16.4. The van der Waals surface area contributed by atoms with Crippen LogP contribution in [-0.2, 0) is 4.74 Å². The third-order valence-corrected chi connectivity index (χ3v) is 6.16. The van der Waals surface area contributed by atoms with E-state index in [4.69, 9.17) is 9.72 Å². The van der Waals surface area contributed by atoms with Crippen molar-refractivity contribution in [2.45, 2.75) is 13.3 Å². The molecule has 7 heteroatoms. The number of carbonyl (C=O) groups excluding carboxylic acids is 1. The summed E-state index contributed by atoms with van der Waals surface area (Å²) in [7, 11) is 0. The number of aryl methyl sites for hydroxylation is 1. The molecule has 2 heterocycles. The van der Waals surface area contributed by atoms with E-state index < -0.39 is 5.82 Å². The summed E-state index contributed by atoms with van der Waals surface area (Å²) in [6.45, 7) is 6.78. The first-order valence-corrected chi connectivity index (χ1v) is 10.7. The second kappa shape index (κ2) is 8.98. The Labute approximate surface area is 173 Å². The molecule has 1 fully saturated rings. The van der Waals surface area contributed by atoms with E-state index in [1.807, 2.05) is 25.1 Å². The summed E-state index contributed by atoms with van der Waals surface area (Å²) in [4.78, 5) is 22.0. The molecule has 2 aromatic carbocycles. The number of anilines is 1. The molecule has 1 saturated heterocycles. The summed E-state index contributed by atoms with van der Waals surface area (Å²) in [5.41, 5.74) is 2.33. The molecule has 0 atom stereocenters. The summed E-state index contributed by atoms with van der Waals surface area (Å²) in [6.07, 6.45) is 0.815. The number of morpholine rings is 1. The van der Waals surface area contributed by atoms with Crippen LogP contribution in [0.4, 0.5) is 9.52 Å². The number of carbonyl (C=O) groups is 1. The molecule has 0 aliphatic carbocycles. The van der Waals surface area contributed by atoms with Crippen LogP contribution < -0.4 is 4.90 Å². The van der Waals surface area contributed by atoms with Gasteiger partial charge < -0.3 is 4.74 Å². The number of rotatable bonds is 6. The number of fused-ring (bicyclic) bond motifs is 1. The quantitative estimate of drug-likeness (QED) is 0.610. The topological polar surface area (TPSA) is 45.7 Å². The first kappa shape index (κ1) is 19.9. The predicted molar refractivity (Wildman–Crippen MR) is 114 cm³/mol. The van der Waals surface area contributed by atoms with E-state index in [1.54, 1.807) is 17.0 Å². The molecule has 0 radical (unpaired) electrons. The van der Waals surface area contributed by atoms with Gasteiger partial charge in [-0.1, -0.05) is 29.5 Å². The lowest BCUT2D eigenvalue weighted by Crippen LogP contribution is -2.39. The number of hydrogen-bond acceptors (Lipinski definition) is 5. The molecule has 1 aliphatic heterocycles. The van der Waals surface area contributed by atoms with Gasteiger partial charge in [0.05, 0.1) is 23.4 Å². The van der Waals surface area contributed by atoms with Gasteiger partial charge in [-0.2, -0.15) is 0 Å². The number of amides is 1. The summed E-state index contributed by atoms with van der Waals surface area (Å²) in [5, 5.41) is 0.658. The number of thiazole rings is 1. The minimum Gasteiger partial charge on any atom is -0.379 e. The molecule has 0 saturated carbocycles. The van der Waals surface area contributed by atoms with Gasteiger partial charge in [0.25, 0.3) is 5.91 Å². The number of aromatic nitrogens is 1. The van der Waals surface area contributed by atoms with Gasteiger partial charge in [0, 0.05) is 31.7 Å². The number of para-hydroxylation sites is 1. The SMILES string of the molecule is Cc1cccc2sc(N(CCCN3CCOCC3)C(=O)c3cccc(F)c3)nc12. The molecular formula is C22H24FN3O2S. The minimum atomic E-state index is -0.413. The Kier molecular flexibility index (Phi) is 6.18. The fourth-order valence-corrected chi connectivity index (χ4v) is 4.60. The fourth-order valence-electron chi connectivity index (χ4n) is 3.53. The van der Waals surface area contributed by atoms with E-state index in [0.29, 0.717) is 17.2 Å². The number of hydrogen-bond donors (Lipinski definition) is 0. The highest BCUT2D eigenvalue weighted by Gasteiger charge is 2.22. The number of halogens is 1. The Morgan fingerprint density at radius 2 is 2.03 bits per heavy atom. The van der Waals surface area contributed by atoms with E-state index in [1.165, 1.54) is 23.5 Å². The first-order chi connectivity index (χ1) is 14.1. The molecule has 1 amide bonds. The van der Waals surface area contributed by atoms with Crippen LogP contribution >= 0.6 is 11.3 Å². The average molecular weight is 414 g/mol. The van der Waals surface area contributed by atoms with Gasteiger partial charge in [-0.05, 0) is 43.2 Å². The third kappa shape index (κ3) is 4.63. The molecule has 1 aromatic heterocycles. The maximum atomic E-state index is 13.7. The number of benzene rings is 2. The summed E-state index contributed by atoms with van der Waals surface area (Å²) >= 11 is 1.50. The first-order valence-electron chi connectivity index (χ1n) is 9.85. The van der Waals surface area contributed by atoms with Crippen molar-refractivity contribution in [1.82, 2.24) is 9.88 Å². The Morgan fingerprint density at radius 3 is 2.79 bits per heavy atom. The van der Waals surface area contributed by atoms with Gasteiger partial charge >= 0.3 is 0 Å². The predicted octanol–water partition coefficient (Wildman–Crippen LogP) is 4.11. The zero-order valence-corrected chi connectivity index (χ0v) is 17.3. The smallest absolute Gasteiger partial charge is 0.260 e. The lowest BCUT2D eigenvalue weighted by Gasteiger charge is -2.27. The van der Waals surface area contributed by atoms with Crippen molar-refractivity contribution in [3.05, 3.63) is 59.4 Å². The van der Waals surface area contributed by atoms with E-state index in [2.05, 4.69) is 4.90 Å². The maximum absolute atomic E-state index is 13.7. The summed E-state index contributed by atoms with van der Waals surface area (Å²) in [6, 6.07) is 11.9. The van der Waals surface area contributed by atoms with Crippen LogP contribution in [0.3, 0.4) is 0 Å². The van der Waals surface area contributed by atoms with Gasteiger partial charge in [-0.25, -0.2) is 9.37 Å². The molecule has 0 N–H and O–H groups in total. The van der Waals surface area contributed by atoms with E-state index in [0.717, 1.165) is 55.0 Å². The van der Waals surface area contributed by atoms with Crippen molar-refractivity contribution in [3.8, 4) is 0 Å². The Hall–Kier alpha value is -2.35. The molecule has 3 aromatic rings. The molecule has 0 unspecified atom stereocenters. The van der Waals surface area contributed by atoms with Gasteiger partial charge in [-0.15, -0.1) is 0 Å². The van der Waals surface area contributed by atoms with Gasteiger partial charge in [-0.3, -0.25) is 14.6 Å². The fraction of sp³-hybridized carbons (Fsp3) is 0.364. The Balaban J connectivity index is 1.58. The standard InChI is InChI=1S/C22H24FN3O2S/c1-16-5-2-8-19-20(16)24-22(29-19)26(10-4-9-25-11-13-28-14-12-25)21(27)17-6-3-7-18(23)15-17/h2-3,5-8,15H,4,9-14H2,1H3. The number of ether oxygens (including phenoxy) is 1. The highest BCUT2D eigenvalue weighted by atomic mass is 32.1.